The highest BCUT2D eigenvalue weighted by Crippen LogP contribution is 2.35. The Morgan fingerprint density at radius 1 is 1.25 bits per heavy atom. The molecule has 0 amide bonds. The lowest BCUT2D eigenvalue weighted by atomic mass is 10.1. The van der Waals surface area contributed by atoms with Gasteiger partial charge in [0, 0.05) is 18.9 Å². The van der Waals surface area contributed by atoms with E-state index < -0.39 is 0 Å². The summed E-state index contributed by atoms with van der Waals surface area (Å²) in [5, 5.41) is 0.0455. The first-order chi connectivity index (χ1) is 11.8. The molecule has 1 heterocycles. The SMILES string of the molecule is CCCCCCOSC(=O)SC(Cn1ccnc1)c1ccccc1. The van der Waals surface area contributed by atoms with Crippen LogP contribution in [0.3, 0.4) is 0 Å². The summed E-state index contributed by atoms with van der Waals surface area (Å²) in [5.41, 5.74) is 1.13. The van der Waals surface area contributed by atoms with Gasteiger partial charge in [0.15, 0.2) is 0 Å². The Morgan fingerprint density at radius 3 is 2.79 bits per heavy atom. The molecule has 1 unspecified atom stereocenters. The number of imidazole rings is 1. The molecule has 6 heteroatoms. The predicted molar refractivity (Wildman–Crippen MR) is 102 cm³/mol. The molecule has 0 bridgehead atoms. The molecule has 1 atom stereocenters. The Morgan fingerprint density at radius 2 is 2.08 bits per heavy atom. The summed E-state index contributed by atoms with van der Waals surface area (Å²) >= 11 is 2.28. The van der Waals surface area contributed by atoms with E-state index in [1.54, 1.807) is 12.5 Å². The van der Waals surface area contributed by atoms with Crippen molar-refractivity contribution >= 4 is 28.3 Å². The zero-order valence-corrected chi connectivity index (χ0v) is 15.6. The third kappa shape index (κ3) is 7.11. The van der Waals surface area contributed by atoms with Gasteiger partial charge in [-0.15, -0.1) is 0 Å². The van der Waals surface area contributed by atoms with Crippen molar-refractivity contribution in [2.45, 2.75) is 44.4 Å². The number of unbranched alkanes of at least 4 members (excludes halogenated alkanes) is 3. The number of aromatic nitrogens is 2. The van der Waals surface area contributed by atoms with E-state index in [0.29, 0.717) is 13.2 Å². The van der Waals surface area contributed by atoms with Crippen molar-refractivity contribution in [1.82, 2.24) is 9.55 Å². The predicted octanol–water partition coefficient (Wildman–Crippen LogP) is 5.72. The maximum absolute atomic E-state index is 12.2. The minimum atomic E-state index is -0.000500. The van der Waals surface area contributed by atoms with Crippen LogP contribution in [-0.4, -0.2) is 20.6 Å². The van der Waals surface area contributed by atoms with Gasteiger partial charge >= 0.3 is 0 Å². The summed E-state index contributed by atoms with van der Waals surface area (Å²) in [7, 11) is 0. The first-order valence-electron chi connectivity index (χ1n) is 8.30. The van der Waals surface area contributed by atoms with Gasteiger partial charge in [-0.3, -0.25) is 4.79 Å². The molecule has 0 spiro atoms. The Balaban J connectivity index is 1.82. The number of benzene rings is 1. The molecular weight excluding hydrogens is 340 g/mol. The fraction of sp³-hybridized carbons (Fsp3) is 0.444. The molecular formula is C18H24N2O2S2. The Kier molecular flexibility index (Phi) is 9.02. The maximum atomic E-state index is 12.2. The molecule has 2 rings (SSSR count). The van der Waals surface area contributed by atoms with E-state index in [2.05, 4.69) is 24.0 Å². The number of hydrogen-bond donors (Lipinski definition) is 0. The lowest BCUT2D eigenvalue weighted by molar-refractivity contribution is 0.273. The van der Waals surface area contributed by atoms with Crippen molar-refractivity contribution in [1.29, 1.82) is 0 Å². The van der Waals surface area contributed by atoms with Crippen molar-refractivity contribution in [3.63, 3.8) is 0 Å². The smallest absolute Gasteiger partial charge is 0.273 e. The van der Waals surface area contributed by atoms with E-state index in [0.717, 1.165) is 30.4 Å². The maximum Gasteiger partial charge on any atom is 0.273 e. The minimum Gasteiger partial charge on any atom is -0.336 e. The second-order valence-electron chi connectivity index (χ2n) is 5.49. The topological polar surface area (TPSA) is 44.1 Å². The highest BCUT2D eigenvalue weighted by molar-refractivity contribution is 8.36. The Labute approximate surface area is 152 Å². The molecule has 1 aromatic carbocycles. The normalized spacial score (nSPS) is 12.2. The molecule has 0 aliphatic carbocycles. The van der Waals surface area contributed by atoms with E-state index in [1.807, 2.05) is 29.0 Å². The van der Waals surface area contributed by atoms with Gasteiger partial charge in [0.2, 0.25) is 0 Å². The van der Waals surface area contributed by atoms with Gasteiger partial charge in [-0.25, -0.2) is 4.98 Å². The van der Waals surface area contributed by atoms with Crippen LogP contribution < -0.4 is 0 Å². The van der Waals surface area contributed by atoms with Crippen LogP contribution in [0.15, 0.2) is 49.1 Å². The molecule has 0 saturated carbocycles. The molecule has 0 radical (unpaired) electrons. The standard InChI is InChI=1S/C18H24N2O2S2/c1-2-3-4-8-13-22-24-18(21)23-17(14-20-12-11-19-15-20)16-9-6-5-7-10-16/h5-7,9-12,15,17H,2-4,8,13-14H2,1H3. The number of carbonyl (C=O) groups is 1. The summed E-state index contributed by atoms with van der Waals surface area (Å²) in [6.45, 7) is 3.52. The van der Waals surface area contributed by atoms with Gasteiger partial charge in [-0.05, 0) is 12.0 Å². The van der Waals surface area contributed by atoms with E-state index in [1.165, 1.54) is 24.6 Å². The second kappa shape index (κ2) is 11.3. The Hall–Kier alpha value is -1.24. The van der Waals surface area contributed by atoms with E-state index in [4.69, 9.17) is 4.18 Å². The number of thioether (sulfide) groups is 1. The van der Waals surface area contributed by atoms with E-state index >= 15 is 0 Å². The van der Waals surface area contributed by atoms with Crippen LogP contribution in [0.4, 0.5) is 4.79 Å². The quantitative estimate of drug-likeness (QED) is 0.398. The summed E-state index contributed by atoms with van der Waals surface area (Å²) in [5.74, 6) is 0. The number of carbonyl (C=O) groups excluding carboxylic acids is 1. The molecule has 0 aliphatic heterocycles. The van der Waals surface area contributed by atoms with E-state index in [9.17, 15) is 4.79 Å². The first kappa shape index (κ1) is 19.1. The van der Waals surface area contributed by atoms with Crippen molar-refractivity contribution in [3.05, 3.63) is 54.6 Å². The summed E-state index contributed by atoms with van der Waals surface area (Å²) in [4.78, 5) is 16.3. The van der Waals surface area contributed by atoms with E-state index in [-0.39, 0.29) is 9.70 Å². The van der Waals surface area contributed by atoms with Crippen LogP contribution in [0.1, 0.15) is 43.4 Å². The fourth-order valence-corrected chi connectivity index (χ4v) is 4.00. The zero-order valence-electron chi connectivity index (χ0n) is 14.0. The van der Waals surface area contributed by atoms with Gasteiger partial charge in [-0.1, -0.05) is 68.3 Å². The molecule has 24 heavy (non-hydrogen) atoms. The first-order valence-corrected chi connectivity index (χ1v) is 9.92. The van der Waals surface area contributed by atoms with Crippen molar-refractivity contribution in [3.8, 4) is 0 Å². The van der Waals surface area contributed by atoms with Gasteiger partial charge in [0.25, 0.3) is 4.45 Å². The number of hydrogen-bond acceptors (Lipinski definition) is 5. The second-order valence-corrected chi connectivity index (χ2v) is 7.70. The molecule has 0 saturated heterocycles. The zero-order chi connectivity index (χ0) is 17.0. The average molecular weight is 365 g/mol. The number of rotatable bonds is 10. The van der Waals surface area contributed by atoms with Crippen molar-refractivity contribution < 1.29 is 8.98 Å². The average Bonchev–Trinajstić information content (AvgIpc) is 3.11. The minimum absolute atomic E-state index is 0.000500. The summed E-state index contributed by atoms with van der Waals surface area (Å²) in [6, 6.07) is 10.1. The van der Waals surface area contributed by atoms with Gasteiger partial charge in [-0.2, -0.15) is 0 Å². The van der Waals surface area contributed by atoms with Crippen LogP contribution in [0.25, 0.3) is 0 Å². The highest BCUT2D eigenvalue weighted by atomic mass is 32.2. The van der Waals surface area contributed by atoms with Crippen LogP contribution in [-0.2, 0) is 10.7 Å². The lowest BCUT2D eigenvalue weighted by Gasteiger charge is -2.16. The molecule has 0 aliphatic rings. The fourth-order valence-electron chi connectivity index (χ4n) is 2.28. The molecule has 2 aromatic rings. The van der Waals surface area contributed by atoms with Crippen LogP contribution in [0.2, 0.25) is 0 Å². The third-order valence-corrected chi connectivity index (χ3v) is 5.37. The summed E-state index contributed by atoms with van der Waals surface area (Å²) < 4.78 is 7.43. The molecule has 1 aromatic heterocycles. The monoisotopic (exact) mass is 364 g/mol. The molecule has 130 valence electrons. The largest absolute Gasteiger partial charge is 0.336 e. The van der Waals surface area contributed by atoms with Gasteiger partial charge in [0.1, 0.15) is 0 Å². The lowest BCUT2D eigenvalue weighted by Crippen LogP contribution is -2.06. The molecule has 0 fully saturated rings. The van der Waals surface area contributed by atoms with Gasteiger partial charge in [0.05, 0.1) is 30.2 Å². The van der Waals surface area contributed by atoms with Gasteiger partial charge < -0.3 is 8.75 Å². The number of nitrogens with zero attached hydrogens (tertiary/aromatic N) is 2. The molecule has 0 N–H and O–H groups in total. The summed E-state index contributed by atoms with van der Waals surface area (Å²) in [6.07, 6.45) is 10.0. The van der Waals surface area contributed by atoms with Crippen LogP contribution >= 0.6 is 23.8 Å². The third-order valence-electron chi connectivity index (χ3n) is 3.55. The van der Waals surface area contributed by atoms with Crippen LogP contribution in [0.5, 0.6) is 0 Å². The van der Waals surface area contributed by atoms with Crippen LogP contribution in [0, 0.1) is 0 Å². The highest BCUT2D eigenvalue weighted by Gasteiger charge is 2.18. The Bertz CT molecular complexity index is 576. The van der Waals surface area contributed by atoms with Crippen molar-refractivity contribution in [2.75, 3.05) is 6.61 Å². The molecule has 4 nitrogen and oxygen atoms in total. The van der Waals surface area contributed by atoms with Crippen molar-refractivity contribution in [2.24, 2.45) is 0 Å².